The Morgan fingerprint density at radius 2 is 1.78 bits per heavy atom. The zero-order valence-electron chi connectivity index (χ0n) is 21.2. The molecule has 2 aromatic carbocycles. The number of carbonyl (C=O) groups is 2. The first-order chi connectivity index (χ1) is 17.5. The number of nitrogens with two attached hydrogens (primary N) is 1. The van der Waals surface area contributed by atoms with Crippen LogP contribution >= 0.6 is 0 Å². The van der Waals surface area contributed by atoms with Crippen LogP contribution in [0, 0.1) is 0 Å². The lowest BCUT2D eigenvalue weighted by atomic mass is 10.00. The SMILES string of the molecule is COc1cccc(CNC[C@H](O)[C@H](Cc2ccccc2)NC(=O)[C@@H](N)CCC(=O)N2CCCCC2)c1. The van der Waals surface area contributed by atoms with Crippen molar-refractivity contribution in [2.45, 2.75) is 63.3 Å². The average Bonchev–Trinajstić information content (AvgIpc) is 2.92. The maximum atomic E-state index is 12.9. The summed E-state index contributed by atoms with van der Waals surface area (Å²) in [6.45, 7) is 2.42. The number of rotatable bonds is 13. The zero-order chi connectivity index (χ0) is 25.8. The van der Waals surface area contributed by atoms with Crippen LogP contribution in [0.1, 0.15) is 43.2 Å². The number of piperidine rings is 1. The highest BCUT2D eigenvalue weighted by Crippen LogP contribution is 2.13. The first-order valence-electron chi connectivity index (χ1n) is 12.9. The standard InChI is InChI=1S/C28H40N4O4/c1-36-23-12-8-11-22(17-23)19-30-20-26(33)25(18-21-9-4-2-5-10-21)31-28(35)24(29)13-14-27(34)32-15-6-3-7-16-32/h2,4-5,8-12,17,24-26,30,33H,3,6-7,13-16,18-20,29H2,1H3,(H,31,35)/t24-,25-,26-/m0/s1. The van der Waals surface area contributed by atoms with Crippen molar-refractivity contribution in [1.29, 1.82) is 0 Å². The minimum atomic E-state index is -0.832. The van der Waals surface area contributed by atoms with E-state index in [-0.39, 0.29) is 31.2 Å². The smallest absolute Gasteiger partial charge is 0.237 e. The number of benzene rings is 2. The molecule has 8 nitrogen and oxygen atoms in total. The van der Waals surface area contributed by atoms with Crippen molar-refractivity contribution in [3.05, 3.63) is 65.7 Å². The van der Waals surface area contributed by atoms with Gasteiger partial charge in [-0.15, -0.1) is 0 Å². The predicted octanol–water partition coefficient (Wildman–Crippen LogP) is 1.99. The fraction of sp³-hybridized carbons (Fsp3) is 0.500. The third kappa shape index (κ3) is 8.93. The van der Waals surface area contributed by atoms with Gasteiger partial charge in [-0.3, -0.25) is 9.59 Å². The molecule has 0 aliphatic carbocycles. The van der Waals surface area contributed by atoms with Crippen LogP contribution in [0.15, 0.2) is 54.6 Å². The van der Waals surface area contributed by atoms with Gasteiger partial charge in [-0.2, -0.15) is 0 Å². The minimum absolute atomic E-state index is 0.0561. The van der Waals surface area contributed by atoms with Gasteiger partial charge in [-0.25, -0.2) is 0 Å². The molecule has 2 amide bonds. The summed E-state index contributed by atoms with van der Waals surface area (Å²) in [5, 5.41) is 17.2. The Morgan fingerprint density at radius 1 is 1.06 bits per heavy atom. The van der Waals surface area contributed by atoms with Gasteiger partial charge in [-0.05, 0) is 55.4 Å². The maximum Gasteiger partial charge on any atom is 0.237 e. The first kappa shape index (κ1) is 27.6. The summed E-state index contributed by atoms with van der Waals surface area (Å²) in [7, 11) is 1.63. The first-order valence-corrected chi connectivity index (χ1v) is 12.9. The number of ether oxygens (including phenoxy) is 1. The lowest BCUT2D eigenvalue weighted by Crippen LogP contribution is -2.53. The van der Waals surface area contributed by atoms with Crippen LogP contribution in [-0.2, 0) is 22.6 Å². The number of nitrogens with one attached hydrogen (secondary N) is 2. The van der Waals surface area contributed by atoms with E-state index in [2.05, 4.69) is 10.6 Å². The molecule has 3 rings (SSSR count). The number of likely N-dealkylation sites (tertiary alicyclic amines) is 1. The van der Waals surface area contributed by atoms with Crippen LogP contribution in [0.3, 0.4) is 0 Å². The molecule has 0 aromatic heterocycles. The monoisotopic (exact) mass is 496 g/mol. The quantitative estimate of drug-likeness (QED) is 0.337. The molecule has 196 valence electrons. The molecule has 1 saturated heterocycles. The Kier molecular flexibility index (Phi) is 11.2. The molecule has 1 aliphatic rings. The largest absolute Gasteiger partial charge is 0.497 e. The van der Waals surface area contributed by atoms with E-state index in [0.29, 0.717) is 13.0 Å². The molecule has 0 bridgehead atoms. The number of hydrogen-bond donors (Lipinski definition) is 4. The van der Waals surface area contributed by atoms with E-state index in [1.807, 2.05) is 59.5 Å². The summed E-state index contributed by atoms with van der Waals surface area (Å²) in [6.07, 6.45) is 3.39. The molecule has 1 heterocycles. The summed E-state index contributed by atoms with van der Waals surface area (Å²) in [4.78, 5) is 27.2. The molecule has 3 atom stereocenters. The van der Waals surface area contributed by atoms with Gasteiger partial charge in [-0.1, -0.05) is 42.5 Å². The van der Waals surface area contributed by atoms with Crippen LogP contribution < -0.4 is 21.1 Å². The molecular formula is C28H40N4O4. The molecule has 0 saturated carbocycles. The van der Waals surface area contributed by atoms with Crippen LogP contribution in [0.4, 0.5) is 0 Å². The summed E-state index contributed by atoms with van der Waals surface area (Å²) in [5.41, 5.74) is 8.18. The van der Waals surface area contributed by atoms with Crippen LogP contribution in [0.25, 0.3) is 0 Å². The van der Waals surface area contributed by atoms with Gasteiger partial charge in [0.1, 0.15) is 5.75 Å². The zero-order valence-corrected chi connectivity index (χ0v) is 21.2. The number of aliphatic hydroxyl groups excluding tert-OH is 1. The second-order valence-corrected chi connectivity index (χ2v) is 9.44. The fourth-order valence-electron chi connectivity index (χ4n) is 4.44. The van der Waals surface area contributed by atoms with Crippen LogP contribution in [0.5, 0.6) is 5.75 Å². The summed E-state index contributed by atoms with van der Waals surface area (Å²) in [5.74, 6) is 0.478. The molecule has 1 aliphatic heterocycles. The van der Waals surface area contributed by atoms with Gasteiger partial charge in [0.15, 0.2) is 0 Å². The van der Waals surface area contributed by atoms with Crippen molar-refractivity contribution in [2.24, 2.45) is 5.73 Å². The van der Waals surface area contributed by atoms with Gasteiger partial charge >= 0.3 is 0 Å². The minimum Gasteiger partial charge on any atom is -0.497 e. The Balaban J connectivity index is 1.53. The van der Waals surface area contributed by atoms with Crippen molar-refractivity contribution >= 4 is 11.8 Å². The number of nitrogens with zero attached hydrogens (tertiary/aromatic N) is 1. The van der Waals surface area contributed by atoms with E-state index in [9.17, 15) is 14.7 Å². The van der Waals surface area contributed by atoms with Crippen molar-refractivity contribution in [3.8, 4) is 5.75 Å². The lowest BCUT2D eigenvalue weighted by molar-refractivity contribution is -0.132. The van der Waals surface area contributed by atoms with Gasteiger partial charge in [0.05, 0.1) is 25.3 Å². The van der Waals surface area contributed by atoms with Gasteiger partial charge in [0, 0.05) is 32.6 Å². The maximum absolute atomic E-state index is 12.9. The summed E-state index contributed by atoms with van der Waals surface area (Å²) >= 11 is 0. The molecular weight excluding hydrogens is 456 g/mol. The van der Waals surface area contributed by atoms with Crippen molar-refractivity contribution < 1.29 is 19.4 Å². The van der Waals surface area contributed by atoms with E-state index in [4.69, 9.17) is 10.5 Å². The fourth-order valence-corrected chi connectivity index (χ4v) is 4.44. The van der Waals surface area contributed by atoms with Crippen molar-refractivity contribution in [2.75, 3.05) is 26.7 Å². The van der Waals surface area contributed by atoms with Crippen molar-refractivity contribution in [1.82, 2.24) is 15.5 Å². The normalized spacial score (nSPS) is 16.1. The third-order valence-electron chi connectivity index (χ3n) is 6.62. The summed E-state index contributed by atoms with van der Waals surface area (Å²) < 4.78 is 5.26. The van der Waals surface area contributed by atoms with Crippen LogP contribution in [0.2, 0.25) is 0 Å². The second kappa shape index (κ2) is 14.6. The van der Waals surface area contributed by atoms with Crippen LogP contribution in [-0.4, -0.2) is 66.8 Å². The molecule has 36 heavy (non-hydrogen) atoms. The number of methoxy groups -OCH3 is 1. The topological polar surface area (TPSA) is 117 Å². The molecule has 1 fully saturated rings. The number of aliphatic hydroxyl groups is 1. The van der Waals surface area contributed by atoms with Crippen molar-refractivity contribution in [3.63, 3.8) is 0 Å². The Labute approximate surface area is 214 Å². The number of amides is 2. The van der Waals surface area contributed by atoms with Gasteiger partial charge in [0.25, 0.3) is 0 Å². The van der Waals surface area contributed by atoms with E-state index < -0.39 is 18.2 Å². The predicted molar refractivity (Wildman–Crippen MR) is 140 cm³/mol. The molecule has 5 N–H and O–H groups in total. The highest BCUT2D eigenvalue weighted by atomic mass is 16.5. The lowest BCUT2D eigenvalue weighted by Gasteiger charge is -2.28. The Hall–Kier alpha value is -2.94. The average molecular weight is 497 g/mol. The molecule has 0 spiro atoms. The molecule has 0 unspecified atom stereocenters. The van der Waals surface area contributed by atoms with E-state index >= 15 is 0 Å². The molecule has 0 radical (unpaired) electrons. The highest BCUT2D eigenvalue weighted by molar-refractivity contribution is 5.83. The van der Waals surface area contributed by atoms with E-state index in [1.165, 1.54) is 0 Å². The molecule has 2 aromatic rings. The highest BCUT2D eigenvalue weighted by Gasteiger charge is 2.25. The Morgan fingerprint density at radius 3 is 2.50 bits per heavy atom. The number of carbonyl (C=O) groups excluding carboxylic acids is 2. The Bertz CT molecular complexity index is 950. The number of hydrogen-bond acceptors (Lipinski definition) is 6. The van der Waals surface area contributed by atoms with Gasteiger partial charge < -0.3 is 31.1 Å². The van der Waals surface area contributed by atoms with E-state index in [0.717, 1.165) is 49.2 Å². The van der Waals surface area contributed by atoms with Gasteiger partial charge in [0.2, 0.25) is 11.8 Å². The van der Waals surface area contributed by atoms with E-state index in [1.54, 1.807) is 7.11 Å². The summed E-state index contributed by atoms with van der Waals surface area (Å²) in [6, 6.07) is 16.1. The third-order valence-corrected chi connectivity index (χ3v) is 6.62. The molecule has 8 heteroatoms. The second-order valence-electron chi connectivity index (χ2n) is 9.44.